The first-order valence-corrected chi connectivity index (χ1v) is 6.11. The molecule has 0 fully saturated rings. The van der Waals surface area contributed by atoms with Crippen LogP contribution in [0.15, 0.2) is 36.7 Å². The summed E-state index contributed by atoms with van der Waals surface area (Å²) in [6.07, 6.45) is 4.20. The van der Waals surface area contributed by atoms with Crippen molar-refractivity contribution in [2.75, 3.05) is 0 Å². The minimum Gasteiger partial charge on any atom is -0.207 e. The highest BCUT2D eigenvalue weighted by molar-refractivity contribution is 5.81. The molecule has 1 aromatic heterocycles. The van der Waals surface area contributed by atoms with Gasteiger partial charge in [0.25, 0.3) is 0 Å². The van der Waals surface area contributed by atoms with Gasteiger partial charge in [-0.2, -0.15) is 0 Å². The molecule has 0 bridgehead atoms. The maximum absolute atomic E-state index is 2.20. The lowest BCUT2D eigenvalue weighted by molar-refractivity contribution is -0.670. The lowest BCUT2D eigenvalue weighted by Gasteiger charge is -1.96. The van der Waals surface area contributed by atoms with Crippen molar-refractivity contribution in [2.24, 2.45) is 7.05 Å². The van der Waals surface area contributed by atoms with Crippen LogP contribution in [-0.2, 0) is 7.05 Å². The van der Waals surface area contributed by atoms with Crippen molar-refractivity contribution >= 4 is 10.8 Å². The lowest BCUT2D eigenvalue weighted by Crippen LogP contribution is -2.25. The van der Waals surface area contributed by atoms with Crippen LogP contribution >= 0.6 is 0 Å². The van der Waals surface area contributed by atoms with E-state index in [0.717, 1.165) is 0 Å². The first-order valence-electron chi connectivity index (χ1n) is 6.11. The van der Waals surface area contributed by atoms with Gasteiger partial charge in [0.05, 0.1) is 0 Å². The van der Waals surface area contributed by atoms with Gasteiger partial charge in [-0.15, -0.1) is 0 Å². The molecule has 0 atom stereocenters. The van der Waals surface area contributed by atoms with E-state index in [0.29, 0.717) is 0 Å². The molecule has 1 aromatic carbocycles. The summed E-state index contributed by atoms with van der Waals surface area (Å²) in [4.78, 5) is 0. The quantitative estimate of drug-likeness (QED) is 0.588. The zero-order chi connectivity index (χ0) is 12.6. The molecule has 0 radical (unpaired) electrons. The first kappa shape index (κ1) is 14.6. The van der Waals surface area contributed by atoms with Crippen molar-refractivity contribution in [3.8, 4) is 0 Å². The Balaban J connectivity index is 0.000000509. The second-order valence-corrected chi connectivity index (χ2v) is 3.24. The number of benzene rings is 1. The summed E-state index contributed by atoms with van der Waals surface area (Å²) in [7, 11) is 2.04. The summed E-state index contributed by atoms with van der Waals surface area (Å²) in [6.45, 7) is 10.1. The smallest absolute Gasteiger partial charge is 0.176 e. The average Bonchev–Trinajstić information content (AvgIpc) is 2.35. The Morgan fingerprint density at radius 1 is 0.875 bits per heavy atom. The van der Waals surface area contributed by atoms with Gasteiger partial charge in [0.2, 0.25) is 0 Å². The third kappa shape index (κ3) is 4.01. The molecular weight excluding hydrogens is 194 g/mol. The molecule has 0 aliphatic rings. The summed E-state index contributed by atoms with van der Waals surface area (Å²) < 4.78 is 2.07. The second-order valence-electron chi connectivity index (χ2n) is 3.24. The Kier molecular flexibility index (Phi) is 7.19. The SMILES string of the molecule is CC.CC.Cc1ccc2c[n+](C)ccc2c1. The molecule has 1 nitrogen and oxygen atoms in total. The largest absolute Gasteiger partial charge is 0.207 e. The zero-order valence-corrected chi connectivity index (χ0v) is 11.4. The summed E-state index contributed by atoms with van der Waals surface area (Å²) in [5, 5.41) is 2.61. The molecule has 0 unspecified atom stereocenters. The number of fused-ring (bicyclic) bond motifs is 1. The van der Waals surface area contributed by atoms with E-state index in [2.05, 4.69) is 48.1 Å². The van der Waals surface area contributed by atoms with Crippen molar-refractivity contribution in [2.45, 2.75) is 34.6 Å². The van der Waals surface area contributed by atoms with Crippen molar-refractivity contribution < 1.29 is 4.57 Å². The van der Waals surface area contributed by atoms with Gasteiger partial charge in [-0.05, 0) is 18.4 Å². The van der Waals surface area contributed by atoms with E-state index in [1.807, 2.05) is 34.7 Å². The molecule has 1 heterocycles. The van der Waals surface area contributed by atoms with E-state index >= 15 is 0 Å². The molecule has 2 rings (SSSR count). The molecule has 0 saturated carbocycles. The van der Waals surface area contributed by atoms with E-state index < -0.39 is 0 Å². The van der Waals surface area contributed by atoms with Gasteiger partial charge in [0.1, 0.15) is 7.05 Å². The van der Waals surface area contributed by atoms with E-state index in [4.69, 9.17) is 0 Å². The van der Waals surface area contributed by atoms with Crippen molar-refractivity contribution in [1.29, 1.82) is 0 Å². The molecule has 0 saturated heterocycles. The fraction of sp³-hybridized carbons (Fsp3) is 0.400. The third-order valence-corrected chi connectivity index (χ3v) is 2.07. The highest BCUT2D eigenvalue weighted by Crippen LogP contribution is 2.12. The number of aromatic nitrogens is 1. The Bertz CT molecular complexity index is 377. The van der Waals surface area contributed by atoms with Crippen LogP contribution in [0.5, 0.6) is 0 Å². The molecule has 16 heavy (non-hydrogen) atoms. The Morgan fingerprint density at radius 2 is 1.50 bits per heavy atom. The monoisotopic (exact) mass is 218 g/mol. The normalized spacial score (nSPS) is 8.62. The van der Waals surface area contributed by atoms with Crippen LogP contribution in [0.3, 0.4) is 0 Å². The fourth-order valence-electron chi connectivity index (χ4n) is 1.42. The predicted molar refractivity (Wildman–Crippen MR) is 72.6 cm³/mol. The van der Waals surface area contributed by atoms with Crippen molar-refractivity contribution in [1.82, 2.24) is 0 Å². The van der Waals surface area contributed by atoms with Gasteiger partial charge in [0.15, 0.2) is 12.4 Å². The number of pyridine rings is 1. The van der Waals surface area contributed by atoms with E-state index in [1.165, 1.54) is 16.3 Å². The van der Waals surface area contributed by atoms with Gasteiger partial charge < -0.3 is 0 Å². The molecule has 2 aromatic rings. The minimum atomic E-state index is 1.30. The van der Waals surface area contributed by atoms with Gasteiger partial charge in [-0.3, -0.25) is 0 Å². The summed E-state index contributed by atoms with van der Waals surface area (Å²) in [5.41, 5.74) is 1.32. The maximum Gasteiger partial charge on any atom is 0.176 e. The highest BCUT2D eigenvalue weighted by Gasteiger charge is 1.97. The van der Waals surface area contributed by atoms with Crippen LogP contribution < -0.4 is 4.57 Å². The molecular formula is C15H24N+. The molecule has 1 heteroatoms. The molecule has 88 valence electrons. The Morgan fingerprint density at radius 3 is 2.12 bits per heavy atom. The Hall–Kier alpha value is -1.37. The molecule has 0 spiro atoms. The van der Waals surface area contributed by atoms with E-state index in [1.54, 1.807) is 0 Å². The van der Waals surface area contributed by atoms with Crippen LogP contribution in [0.25, 0.3) is 10.8 Å². The molecule has 0 amide bonds. The number of hydrogen-bond donors (Lipinski definition) is 0. The lowest BCUT2D eigenvalue weighted by atomic mass is 10.1. The number of hydrogen-bond acceptors (Lipinski definition) is 0. The first-order chi connectivity index (χ1) is 7.75. The standard InChI is InChI=1S/C11H12N.2C2H6/c1-9-3-4-11-8-12(2)6-5-10(11)7-9;2*1-2/h3-8H,1-2H3;2*1-2H3/q+1;;. The molecule has 0 aliphatic carbocycles. The van der Waals surface area contributed by atoms with Gasteiger partial charge in [-0.1, -0.05) is 45.4 Å². The second kappa shape index (κ2) is 7.86. The van der Waals surface area contributed by atoms with E-state index in [-0.39, 0.29) is 0 Å². The highest BCUT2D eigenvalue weighted by atomic mass is 14.9. The maximum atomic E-state index is 2.20. The molecule has 0 aliphatic heterocycles. The number of aryl methyl sites for hydroxylation is 2. The zero-order valence-electron chi connectivity index (χ0n) is 11.4. The van der Waals surface area contributed by atoms with Crippen LogP contribution in [0.2, 0.25) is 0 Å². The van der Waals surface area contributed by atoms with Crippen LogP contribution in [0.4, 0.5) is 0 Å². The summed E-state index contributed by atoms with van der Waals surface area (Å²) in [6, 6.07) is 8.64. The van der Waals surface area contributed by atoms with Crippen LogP contribution in [0.1, 0.15) is 33.3 Å². The average molecular weight is 218 g/mol. The van der Waals surface area contributed by atoms with Gasteiger partial charge in [0, 0.05) is 11.5 Å². The number of rotatable bonds is 0. The third-order valence-electron chi connectivity index (χ3n) is 2.07. The van der Waals surface area contributed by atoms with Gasteiger partial charge in [-0.25, -0.2) is 4.57 Å². The van der Waals surface area contributed by atoms with Crippen molar-refractivity contribution in [3.05, 3.63) is 42.2 Å². The van der Waals surface area contributed by atoms with Crippen molar-refractivity contribution in [3.63, 3.8) is 0 Å². The number of nitrogens with zero attached hydrogens (tertiary/aromatic N) is 1. The van der Waals surface area contributed by atoms with Crippen LogP contribution in [-0.4, -0.2) is 0 Å². The predicted octanol–water partition coefficient (Wildman–Crippen LogP) is 4.03. The summed E-state index contributed by atoms with van der Waals surface area (Å²) >= 11 is 0. The van der Waals surface area contributed by atoms with Crippen LogP contribution in [0, 0.1) is 6.92 Å². The molecule has 0 N–H and O–H groups in total. The van der Waals surface area contributed by atoms with E-state index in [9.17, 15) is 0 Å². The fourth-order valence-corrected chi connectivity index (χ4v) is 1.42. The minimum absolute atomic E-state index is 1.30. The summed E-state index contributed by atoms with van der Waals surface area (Å²) in [5.74, 6) is 0. The Labute approximate surface area is 99.7 Å². The topological polar surface area (TPSA) is 3.88 Å². The van der Waals surface area contributed by atoms with Gasteiger partial charge >= 0.3 is 0 Å².